The summed E-state index contributed by atoms with van der Waals surface area (Å²) in [6.45, 7) is 2.50. The molecule has 8 heteroatoms. The van der Waals surface area contributed by atoms with E-state index in [-0.39, 0.29) is 11.7 Å². The molecule has 106 valence electrons. The lowest BCUT2D eigenvalue weighted by molar-refractivity contribution is -0.139. The Hall–Kier alpha value is -1.28. The first-order chi connectivity index (χ1) is 9.13. The lowest BCUT2D eigenvalue weighted by Crippen LogP contribution is -2.36. The van der Waals surface area contributed by atoms with E-state index in [1.54, 1.807) is 4.57 Å². The molecule has 2 rings (SSSR count). The number of rotatable bonds is 8. The molecule has 1 heterocycles. The first-order valence-corrected chi connectivity index (χ1v) is 7.38. The second-order valence-corrected chi connectivity index (χ2v) is 5.56. The highest BCUT2D eigenvalue weighted by atomic mass is 32.2. The Balaban J connectivity index is 1.88. The van der Waals surface area contributed by atoms with Crippen LogP contribution >= 0.6 is 11.8 Å². The van der Waals surface area contributed by atoms with Crippen molar-refractivity contribution in [2.45, 2.75) is 43.4 Å². The van der Waals surface area contributed by atoms with Crippen LogP contribution in [0.2, 0.25) is 0 Å². The molecule has 0 saturated heterocycles. The number of nitrogens with zero attached hydrogens (tertiary/aromatic N) is 2. The van der Waals surface area contributed by atoms with Crippen molar-refractivity contribution in [3.63, 3.8) is 0 Å². The summed E-state index contributed by atoms with van der Waals surface area (Å²) in [4.78, 5) is 22.5. The highest BCUT2D eigenvalue weighted by Gasteiger charge is 2.28. The fourth-order valence-electron chi connectivity index (χ4n) is 1.87. The van der Waals surface area contributed by atoms with Crippen molar-refractivity contribution in [2.24, 2.45) is 0 Å². The van der Waals surface area contributed by atoms with Crippen LogP contribution in [0, 0.1) is 0 Å². The Morgan fingerprint density at radius 1 is 1.68 bits per heavy atom. The predicted molar refractivity (Wildman–Crippen MR) is 71.6 cm³/mol. The average Bonchev–Trinajstić information content (AvgIpc) is 3.13. The normalized spacial score (nSPS) is 16.5. The summed E-state index contributed by atoms with van der Waals surface area (Å²) in [7, 11) is 0. The highest BCUT2D eigenvalue weighted by molar-refractivity contribution is 7.99. The topological polar surface area (TPSA) is 100 Å². The monoisotopic (exact) mass is 286 g/mol. The van der Waals surface area contributed by atoms with Gasteiger partial charge in [-0.2, -0.15) is 0 Å². The van der Waals surface area contributed by atoms with Crippen molar-refractivity contribution in [3.05, 3.63) is 10.5 Å². The molecule has 1 saturated carbocycles. The second-order valence-electron chi connectivity index (χ2n) is 4.50. The minimum atomic E-state index is -0.843. The van der Waals surface area contributed by atoms with Gasteiger partial charge in [0.05, 0.1) is 0 Å². The number of hydrogen-bond donors (Lipinski definition) is 3. The van der Waals surface area contributed by atoms with Crippen LogP contribution in [0.15, 0.2) is 9.95 Å². The van der Waals surface area contributed by atoms with E-state index in [2.05, 4.69) is 15.5 Å². The molecule has 7 nitrogen and oxygen atoms in total. The van der Waals surface area contributed by atoms with Gasteiger partial charge in [0.25, 0.3) is 0 Å². The number of hydrogen-bond acceptors (Lipinski definition) is 5. The molecule has 0 bridgehead atoms. The Labute approximate surface area is 114 Å². The van der Waals surface area contributed by atoms with Gasteiger partial charge in [-0.15, -0.1) is 5.10 Å². The molecule has 0 radical (unpaired) electrons. The lowest BCUT2D eigenvalue weighted by Gasteiger charge is -2.12. The molecule has 1 aromatic rings. The van der Waals surface area contributed by atoms with Gasteiger partial charge >= 0.3 is 11.7 Å². The number of carbonyl (C=O) groups is 1. The summed E-state index contributed by atoms with van der Waals surface area (Å²) in [6.07, 6.45) is 2.53. The number of aromatic amines is 1. The van der Waals surface area contributed by atoms with Gasteiger partial charge in [0, 0.05) is 11.8 Å². The standard InChI is InChI=1S/C11H18N4O3S/c1-2-12-8(9(16)17)5-6-19-11-14-13-10(18)15(11)7-3-4-7/h7-8,12H,2-6H2,1H3,(H,13,18)(H,16,17). The lowest BCUT2D eigenvalue weighted by atomic mass is 10.2. The van der Waals surface area contributed by atoms with Crippen LogP contribution in [0.4, 0.5) is 0 Å². The summed E-state index contributed by atoms with van der Waals surface area (Å²) in [5.41, 5.74) is -0.175. The van der Waals surface area contributed by atoms with E-state index in [1.807, 2.05) is 6.92 Å². The third-order valence-electron chi connectivity index (χ3n) is 2.97. The van der Waals surface area contributed by atoms with Gasteiger partial charge in [-0.25, -0.2) is 9.89 Å². The number of H-pyrrole nitrogens is 1. The molecule has 1 atom stereocenters. The number of nitrogens with one attached hydrogen (secondary N) is 2. The van der Waals surface area contributed by atoms with Crippen LogP contribution in [0.3, 0.4) is 0 Å². The van der Waals surface area contributed by atoms with Crippen molar-refractivity contribution >= 4 is 17.7 Å². The number of carboxylic acids is 1. The molecular weight excluding hydrogens is 268 g/mol. The van der Waals surface area contributed by atoms with Crippen molar-refractivity contribution in [1.82, 2.24) is 20.1 Å². The van der Waals surface area contributed by atoms with E-state index in [1.165, 1.54) is 11.8 Å². The van der Waals surface area contributed by atoms with Crippen LogP contribution < -0.4 is 11.0 Å². The largest absolute Gasteiger partial charge is 0.480 e. The first kappa shape index (κ1) is 14.1. The van der Waals surface area contributed by atoms with Gasteiger partial charge in [-0.05, 0) is 25.8 Å². The van der Waals surface area contributed by atoms with Crippen molar-refractivity contribution in [3.8, 4) is 0 Å². The van der Waals surface area contributed by atoms with E-state index >= 15 is 0 Å². The van der Waals surface area contributed by atoms with Crippen molar-refractivity contribution in [2.75, 3.05) is 12.3 Å². The van der Waals surface area contributed by atoms with Crippen molar-refractivity contribution in [1.29, 1.82) is 0 Å². The van der Waals surface area contributed by atoms with E-state index in [0.29, 0.717) is 23.9 Å². The third-order valence-corrected chi connectivity index (χ3v) is 3.96. The van der Waals surface area contributed by atoms with Gasteiger partial charge < -0.3 is 10.4 Å². The van der Waals surface area contributed by atoms with Gasteiger partial charge in [-0.1, -0.05) is 18.7 Å². The molecule has 0 aliphatic heterocycles. The summed E-state index contributed by atoms with van der Waals surface area (Å²) < 4.78 is 1.67. The zero-order chi connectivity index (χ0) is 13.8. The quantitative estimate of drug-likeness (QED) is 0.600. The molecule has 1 aromatic heterocycles. The van der Waals surface area contributed by atoms with Gasteiger partial charge in [-0.3, -0.25) is 9.36 Å². The maximum Gasteiger partial charge on any atom is 0.344 e. The van der Waals surface area contributed by atoms with Gasteiger partial charge in [0.2, 0.25) is 0 Å². The molecule has 1 fully saturated rings. The fourth-order valence-corrected chi connectivity index (χ4v) is 2.89. The molecular formula is C11H18N4O3S. The van der Waals surface area contributed by atoms with Crippen molar-refractivity contribution < 1.29 is 9.90 Å². The number of aliphatic carboxylic acids is 1. The maximum absolute atomic E-state index is 11.6. The van der Waals surface area contributed by atoms with Crippen LogP contribution in [0.1, 0.15) is 32.2 Å². The first-order valence-electron chi connectivity index (χ1n) is 6.39. The van der Waals surface area contributed by atoms with Gasteiger partial charge in [0.15, 0.2) is 5.16 Å². The molecule has 0 amide bonds. The van der Waals surface area contributed by atoms with E-state index < -0.39 is 12.0 Å². The Kier molecular flexibility index (Phi) is 4.65. The third kappa shape index (κ3) is 3.60. The summed E-state index contributed by atoms with van der Waals surface area (Å²) in [5.74, 6) is -0.231. The Morgan fingerprint density at radius 3 is 3.00 bits per heavy atom. The van der Waals surface area contributed by atoms with Crippen LogP contribution in [-0.4, -0.2) is 44.2 Å². The second kappa shape index (κ2) is 6.25. The summed E-state index contributed by atoms with van der Waals surface area (Å²) >= 11 is 1.43. The smallest absolute Gasteiger partial charge is 0.344 e. The molecule has 1 unspecified atom stereocenters. The summed E-state index contributed by atoms with van der Waals surface area (Å²) in [6, 6.07) is -0.268. The summed E-state index contributed by atoms with van der Waals surface area (Å²) in [5, 5.41) is 19.0. The average molecular weight is 286 g/mol. The van der Waals surface area contributed by atoms with E-state index in [4.69, 9.17) is 5.11 Å². The Morgan fingerprint density at radius 2 is 2.42 bits per heavy atom. The zero-order valence-corrected chi connectivity index (χ0v) is 11.6. The van der Waals surface area contributed by atoms with E-state index in [9.17, 15) is 9.59 Å². The SMILES string of the molecule is CCNC(CCSc1n[nH]c(=O)n1C1CC1)C(=O)O. The number of aromatic nitrogens is 3. The molecule has 1 aliphatic rings. The zero-order valence-electron chi connectivity index (χ0n) is 10.8. The molecule has 0 spiro atoms. The van der Waals surface area contributed by atoms with Crippen LogP contribution in [0.25, 0.3) is 0 Å². The van der Waals surface area contributed by atoms with Crippen LogP contribution in [-0.2, 0) is 4.79 Å². The molecule has 19 heavy (non-hydrogen) atoms. The van der Waals surface area contributed by atoms with E-state index in [0.717, 1.165) is 12.8 Å². The molecule has 3 N–H and O–H groups in total. The van der Waals surface area contributed by atoms with Crippen LogP contribution in [0.5, 0.6) is 0 Å². The number of carboxylic acid groups (broad SMARTS) is 1. The Bertz CT molecular complexity index is 494. The minimum Gasteiger partial charge on any atom is -0.480 e. The minimum absolute atomic E-state index is 0.175. The highest BCUT2D eigenvalue weighted by Crippen LogP contribution is 2.36. The fraction of sp³-hybridized carbons (Fsp3) is 0.727. The van der Waals surface area contributed by atoms with Gasteiger partial charge in [0.1, 0.15) is 6.04 Å². The predicted octanol–water partition coefficient (Wildman–Crippen LogP) is 0.451. The molecule has 1 aliphatic carbocycles. The number of thioether (sulfide) groups is 1. The maximum atomic E-state index is 11.6. The number of likely N-dealkylation sites (N-methyl/N-ethyl adjacent to an activating group) is 1. The molecule has 0 aromatic carbocycles.